The fourth-order valence-corrected chi connectivity index (χ4v) is 2.30. The highest BCUT2D eigenvalue weighted by Crippen LogP contribution is 2.16. The van der Waals surface area contributed by atoms with E-state index in [1.807, 2.05) is 0 Å². The molecule has 0 saturated carbocycles. The van der Waals surface area contributed by atoms with Gasteiger partial charge in [-0.2, -0.15) is 11.8 Å². The minimum atomic E-state index is -1.17. The molecule has 2 N–H and O–H groups in total. The van der Waals surface area contributed by atoms with Gasteiger partial charge in [0.05, 0.1) is 6.04 Å². The van der Waals surface area contributed by atoms with Crippen molar-refractivity contribution >= 4 is 23.6 Å². The zero-order chi connectivity index (χ0) is 12.3. The summed E-state index contributed by atoms with van der Waals surface area (Å²) in [5.74, 6) is 0.556. The van der Waals surface area contributed by atoms with E-state index in [0.29, 0.717) is 5.75 Å². The van der Waals surface area contributed by atoms with Crippen LogP contribution in [0.3, 0.4) is 0 Å². The fraction of sp³-hybridized carbons (Fsp3) is 0.800. The van der Waals surface area contributed by atoms with Crippen LogP contribution < -0.4 is 5.32 Å². The molecule has 1 heterocycles. The van der Waals surface area contributed by atoms with Crippen LogP contribution in [0.15, 0.2) is 0 Å². The number of hydrogen-bond acceptors (Lipinski definition) is 4. The van der Waals surface area contributed by atoms with E-state index in [1.54, 1.807) is 11.8 Å². The van der Waals surface area contributed by atoms with Crippen molar-refractivity contribution in [1.29, 1.82) is 0 Å². The molecule has 1 amide bonds. The van der Waals surface area contributed by atoms with E-state index in [2.05, 4.69) is 5.32 Å². The molecular weight excluding hydrogens is 228 g/mol. The van der Waals surface area contributed by atoms with E-state index in [4.69, 9.17) is 5.11 Å². The topological polar surface area (TPSA) is 69.6 Å². The van der Waals surface area contributed by atoms with Gasteiger partial charge in [0.25, 0.3) is 0 Å². The van der Waals surface area contributed by atoms with Gasteiger partial charge in [0.15, 0.2) is 0 Å². The standard InChI is InChI=1S/C10H18N2O3S/c1-10(2,9(14)15)12(3)8(13)7-6-16-5-4-11-7/h7,11H,4-6H2,1-3H3,(H,14,15). The zero-order valence-electron chi connectivity index (χ0n) is 9.82. The average molecular weight is 246 g/mol. The van der Waals surface area contributed by atoms with E-state index in [1.165, 1.54) is 25.8 Å². The molecule has 0 aromatic carbocycles. The van der Waals surface area contributed by atoms with Gasteiger partial charge < -0.3 is 15.3 Å². The van der Waals surface area contributed by atoms with Gasteiger partial charge in [0.2, 0.25) is 5.91 Å². The molecule has 0 bridgehead atoms. The Balaban J connectivity index is 2.69. The maximum atomic E-state index is 12.0. The van der Waals surface area contributed by atoms with Gasteiger partial charge >= 0.3 is 5.97 Å². The fourth-order valence-electron chi connectivity index (χ4n) is 1.38. The highest BCUT2D eigenvalue weighted by Gasteiger charge is 2.38. The smallest absolute Gasteiger partial charge is 0.329 e. The number of rotatable bonds is 3. The molecule has 16 heavy (non-hydrogen) atoms. The van der Waals surface area contributed by atoms with Crippen molar-refractivity contribution in [2.24, 2.45) is 0 Å². The van der Waals surface area contributed by atoms with E-state index in [-0.39, 0.29) is 11.9 Å². The molecular formula is C10H18N2O3S. The van der Waals surface area contributed by atoms with E-state index < -0.39 is 11.5 Å². The summed E-state index contributed by atoms with van der Waals surface area (Å²) in [4.78, 5) is 24.4. The largest absolute Gasteiger partial charge is 0.480 e. The minimum Gasteiger partial charge on any atom is -0.480 e. The number of likely N-dealkylation sites (N-methyl/N-ethyl adjacent to an activating group) is 1. The summed E-state index contributed by atoms with van der Waals surface area (Å²) in [6.45, 7) is 3.86. The molecule has 0 aromatic heterocycles. The zero-order valence-corrected chi connectivity index (χ0v) is 10.6. The molecule has 1 unspecified atom stereocenters. The van der Waals surface area contributed by atoms with Crippen molar-refractivity contribution in [3.63, 3.8) is 0 Å². The number of carboxylic acids is 1. The van der Waals surface area contributed by atoms with Gasteiger partial charge in [-0.05, 0) is 13.8 Å². The van der Waals surface area contributed by atoms with Gasteiger partial charge in [-0.1, -0.05) is 0 Å². The van der Waals surface area contributed by atoms with Gasteiger partial charge in [0, 0.05) is 25.1 Å². The van der Waals surface area contributed by atoms with Crippen LogP contribution in [-0.4, -0.2) is 58.6 Å². The third-order valence-electron chi connectivity index (χ3n) is 2.91. The first-order valence-corrected chi connectivity index (χ1v) is 6.35. The van der Waals surface area contributed by atoms with Crippen LogP contribution in [0.1, 0.15) is 13.8 Å². The van der Waals surface area contributed by atoms with Gasteiger partial charge in [0.1, 0.15) is 5.54 Å². The maximum absolute atomic E-state index is 12.0. The normalized spacial score (nSPS) is 21.6. The molecule has 0 spiro atoms. The first-order valence-electron chi connectivity index (χ1n) is 5.19. The number of nitrogens with one attached hydrogen (secondary N) is 1. The third-order valence-corrected chi connectivity index (χ3v) is 3.97. The van der Waals surface area contributed by atoms with Crippen LogP contribution in [0, 0.1) is 0 Å². The second kappa shape index (κ2) is 5.05. The molecule has 0 aromatic rings. The Morgan fingerprint density at radius 2 is 2.12 bits per heavy atom. The summed E-state index contributed by atoms with van der Waals surface area (Å²) in [7, 11) is 1.54. The third kappa shape index (κ3) is 2.68. The highest BCUT2D eigenvalue weighted by molar-refractivity contribution is 7.99. The van der Waals surface area contributed by atoms with Crippen LogP contribution in [0.5, 0.6) is 0 Å². The summed E-state index contributed by atoms with van der Waals surface area (Å²) in [5.41, 5.74) is -1.17. The number of thioether (sulfide) groups is 1. The summed E-state index contributed by atoms with van der Waals surface area (Å²) >= 11 is 1.71. The lowest BCUT2D eigenvalue weighted by molar-refractivity contribution is -0.155. The van der Waals surface area contributed by atoms with Crippen molar-refractivity contribution < 1.29 is 14.7 Å². The SMILES string of the molecule is CN(C(=O)C1CSCCN1)C(C)(C)C(=O)O. The molecule has 6 heteroatoms. The number of carbonyl (C=O) groups is 2. The lowest BCUT2D eigenvalue weighted by Crippen LogP contribution is -2.58. The predicted octanol–water partition coefficient (Wildman–Crippen LogP) is 0.0130. The lowest BCUT2D eigenvalue weighted by Gasteiger charge is -2.35. The maximum Gasteiger partial charge on any atom is 0.329 e. The lowest BCUT2D eigenvalue weighted by atomic mass is 10.0. The Kier molecular flexibility index (Phi) is 4.21. The Morgan fingerprint density at radius 3 is 2.56 bits per heavy atom. The first-order chi connectivity index (χ1) is 7.37. The van der Waals surface area contributed by atoms with Crippen molar-refractivity contribution in [3.05, 3.63) is 0 Å². The number of hydrogen-bond donors (Lipinski definition) is 2. The molecule has 1 fully saturated rings. The second-order valence-corrected chi connectivity index (χ2v) is 5.49. The Labute approximate surface area is 99.6 Å². The number of carboxylic acid groups (broad SMARTS) is 1. The van der Waals surface area contributed by atoms with Crippen molar-refractivity contribution in [2.45, 2.75) is 25.4 Å². The number of aliphatic carboxylic acids is 1. The second-order valence-electron chi connectivity index (χ2n) is 4.34. The summed E-state index contributed by atoms with van der Waals surface area (Å²) in [5, 5.41) is 12.1. The van der Waals surface area contributed by atoms with Crippen molar-refractivity contribution in [2.75, 3.05) is 25.1 Å². The minimum absolute atomic E-state index is 0.153. The molecule has 92 valence electrons. The summed E-state index contributed by atoms with van der Waals surface area (Å²) in [6.07, 6.45) is 0. The quantitative estimate of drug-likeness (QED) is 0.734. The van der Waals surface area contributed by atoms with Crippen LogP contribution >= 0.6 is 11.8 Å². The molecule has 1 atom stereocenters. The Morgan fingerprint density at radius 1 is 1.50 bits per heavy atom. The molecule has 1 aliphatic rings. The van der Waals surface area contributed by atoms with Crippen molar-refractivity contribution in [1.82, 2.24) is 10.2 Å². The monoisotopic (exact) mass is 246 g/mol. The van der Waals surface area contributed by atoms with E-state index >= 15 is 0 Å². The Hall–Kier alpha value is -0.750. The highest BCUT2D eigenvalue weighted by atomic mass is 32.2. The van der Waals surface area contributed by atoms with Gasteiger partial charge in [-0.15, -0.1) is 0 Å². The molecule has 1 saturated heterocycles. The molecule has 0 radical (unpaired) electrons. The summed E-state index contributed by atoms with van der Waals surface area (Å²) < 4.78 is 0. The van der Waals surface area contributed by atoms with Crippen LogP contribution in [0.4, 0.5) is 0 Å². The average Bonchev–Trinajstić information content (AvgIpc) is 2.28. The first kappa shape index (κ1) is 13.3. The van der Waals surface area contributed by atoms with Gasteiger partial charge in [-0.3, -0.25) is 4.79 Å². The van der Waals surface area contributed by atoms with Crippen LogP contribution in [0.2, 0.25) is 0 Å². The number of carbonyl (C=O) groups excluding carboxylic acids is 1. The van der Waals surface area contributed by atoms with Crippen molar-refractivity contribution in [3.8, 4) is 0 Å². The van der Waals surface area contributed by atoms with E-state index in [0.717, 1.165) is 12.3 Å². The molecule has 1 aliphatic heterocycles. The van der Waals surface area contributed by atoms with Crippen LogP contribution in [0.25, 0.3) is 0 Å². The number of nitrogens with zero attached hydrogens (tertiary/aromatic N) is 1. The molecule has 0 aliphatic carbocycles. The van der Waals surface area contributed by atoms with Gasteiger partial charge in [-0.25, -0.2) is 4.79 Å². The molecule has 1 rings (SSSR count). The predicted molar refractivity (Wildman–Crippen MR) is 63.6 cm³/mol. The molecule has 5 nitrogen and oxygen atoms in total. The number of amides is 1. The Bertz CT molecular complexity index is 288. The summed E-state index contributed by atoms with van der Waals surface area (Å²) in [6, 6.07) is -0.262. The van der Waals surface area contributed by atoms with Crippen LogP contribution in [-0.2, 0) is 9.59 Å². The van der Waals surface area contributed by atoms with E-state index in [9.17, 15) is 9.59 Å².